The molecule has 1 fully saturated rings. The molecule has 0 N–H and O–H groups in total. The number of ether oxygens (including phenoxy) is 1. The molecule has 1 aromatic heterocycles. The van der Waals surface area contributed by atoms with Crippen LogP contribution in [0.15, 0.2) is 6.20 Å². The number of carbonyl (C=O) groups excluding carboxylic acids is 2. The molecule has 4 nitrogen and oxygen atoms in total. The summed E-state index contributed by atoms with van der Waals surface area (Å²) in [4.78, 5) is 27.9. The molecule has 1 saturated carbocycles. The lowest BCUT2D eigenvalue weighted by atomic mass is 9.74. The van der Waals surface area contributed by atoms with Crippen molar-refractivity contribution in [1.82, 2.24) is 4.98 Å². The quantitative estimate of drug-likeness (QED) is 0.742. The number of carbonyl (C=O) groups is 2. The predicted molar refractivity (Wildman–Crippen MR) is 92.4 cm³/mol. The summed E-state index contributed by atoms with van der Waals surface area (Å²) in [6, 6.07) is 0. The molecule has 0 amide bonds. The molecule has 1 unspecified atom stereocenters. The number of ketones is 1. The number of nitrogens with zero attached hydrogens (tertiary/aromatic N) is 1. The first-order valence-electron chi connectivity index (χ1n) is 8.68. The van der Waals surface area contributed by atoms with E-state index in [1.165, 1.54) is 12.8 Å². The van der Waals surface area contributed by atoms with E-state index in [1.807, 2.05) is 0 Å². The lowest BCUT2D eigenvalue weighted by Gasteiger charge is -2.31. The fourth-order valence-corrected chi connectivity index (χ4v) is 4.64. The van der Waals surface area contributed by atoms with Crippen LogP contribution < -0.4 is 0 Å². The first kappa shape index (κ1) is 17.4. The highest BCUT2D eigenvalue weighted by Gasteiger charge is 2.36. The molecule has 2 aliphatic carbocycles. The van der Waals surface area contributed by atoms with E-state index in [9.17, 15) is 9.59 Å². The predicted octanol–water partition coefficient (Wildman–Crippen LogP) is 4.34. The molecule has 0 spiro atoms. The van der Waals surface area contributed by atoms with Gasteiger partial charge in [0.2, 0.25) is 0 Å². The van der Waals surface area contributed by atoms with Gasteiger partial charge < -0.3 is 4.74 Å². The highest BCUT2D eigenvalue weighted by atomic mass is 35.5. The molecule has 0 aliphatic heterocycles. The molecule has 0 saturated heterocycles. The highest BCUT2D eigenvalue weighted by Crippen LogP contribution is 2.43. The van der Waals surface area contributed by atoms with Gasteiger partial charge in [-0.3, -0.25) is 14.6 Å². The third kappa shape index (κ3) is 3.34. The zero-order valence-electron chi connectivity index (χ0n) is 14.3. The number of Topliss-reactive ketones (excluding diaryl/α,β-unsaturated/α-hetero) is 1. The van der Waals surface area contributed by atoms with Gasteiger partial charge in [0.15, 0.2) is 5.78 Å². The SMILES string of the molecule is CC1(C)CC(=O)c2c(ncc(C(COC=O)C3CCCC3)c2Cl)C1. The number of halogens is 1. The number of aromatic nitrogens is 1. The zero-order chi connectivity index (χ0) is 17.3. The lowest BCUT2D eigenvalue weighted by molar-refractivity contribution is -0.129. The Bertz CT molecular complexity index is 650. The van der Waals surface area contributed by atoms with Crippen molar-refractivity contribution in [2.24, 2.45) is 11.3 Å². The maximum absolute atomic E-state index is 12.6. The smallest absolute Gasteiger partial charge is 0.293 e. The van der Waals surface area contributed by atoms with Crippen LogP contribution in [0.1, 0.15) is 73.5 Å². The van der Waals surface area contributed by atoms with E-state index in [0.29, 0.717) is 36.0 Å². The van der Waals surface area contributed by atoms with Crippen molar-refractivity contribution >= 4 is 23.9 Å². The van der Waals surface area contributed by atoms with E-state index in [1.54, 1.807) is 6.20 Å². The molecule has 0 bridgehead atoms. The van der Waals surface area contributed by atoms with Gasteiger partial charge in [-0.2, -0.15) is 0 Å². The van der Waals surface area contributed by atoms with E-state index < -0.39 is 0 Å². The van der Waals surface area contributed by atoms with Gasteiger partial charge in [0, 0.05) is 18.5 Å². The molecule has 1 heterocycles. The summed E-state index contributed by atoms with van der Waals surface area (Å²) in [5.74, 6) is 0.519. The van der Waals surface area contributed by atoms with Crippen LogP contribution >= 0.6 is 11.6 Å². The molecule has 130 valence electrons. The number of hydrogen-bond acceptors (Lipinski definition) is 4. The molecule has 2 aliphatic rings. The minimum absolute atomic E-state index is 0.0192. The van der Waals surface area contributed by atoms with Crippen molar-refractivity contribution in [3.05, 3.63) is 28.0 Å². The van der Waals surface area contributed by atoms with E-state index in [4.69, 9.17) is 16.3 Å². The van der Waals surface area contributed by atoms with Gasteiger partial charge in [-0.05, 0) is 36.2 Å². The van der Waals surface area contributed by atoms with Gasteiger partial charge in [-0.15, -0.1) is 0 Å². The second-order valence-electron chi connectivity index (χ2n) is 7.87. The Morgan fingerprint density at radius 2 is 2.08 bits per heavy atom. The topological polar surface area (TPSA) is 56.3 Å². The molecule has 0 aromatic carbocycles. The van der Waals surface area contributed by atoms with Gasteiger partial charge in [0.05, 0.1) is 22.9 Å². The molecular weight excluding hydrogens is 326 g/mol. The molecule has 5 heteroatoms. The van der Waals surface area contributed by atoms with Crippen molar-refractivity contribution in [1.29, 1.82) is 0 Å². The van der Waals surface area contributed by atoms with E-state index in [0.717, 1.165) is 30.5 Å². The van der Waals surface area contributed by atoms with Crippen LogP contribution in [0.2, 0.25) is 5.02 Å². The van der Waals surface area contributed by atoms with Crippen LogP contribution in [0.5, 0.6) is 0 Å². The first-order chi connectivity index (χ1) is 11.4. The van der Waals surface area contributed by atoms with E-state index in [-0.39, 0.29) is 17.1 Å². The highest BCUT2D eigenvalue weighted by molar-refractivity contribution is 6.35. The molecule has 1 atom stereocenters. The van der Waals surface area contributed by atoms with Gasteiger partial charge >= 0.3 is 0 Å². The zero-order valence-corrected chi connectivity index (χ0v) is 15.1. The van der Waals surface area contributed by atoms with Gasteiger partial charge in [0.1, 0.15) is 0 Å². The number of hydrogen-bond donors (Lipinski definition) is 0. The van der Waals surface area contributed by atoms with Crippen molar-refractivity contribution in [2.75, 3.05) is 6.61 Å². The van der Waals surface area contributed by atoms with Crippen molar-refractivity contribution in [2.45, 2.75) is 58.3 Å². The molecule has 1 aromatic rings. The Balaban J connectivity index is 1.99. The molecule has 3 rings (SSSR count). The summed E-state index contributed by atoms with van der Waals surface area (Å²) in [5, 5.41) is 0.520. The van der Waals surface area contributed by atoms with Crippen LogP contribution in [0.25, 0.3) is 0 Å². The summed E-state index contributed by atoms with van der Waals surface area (Å²) in [7, 11) is 0. The summed E-state index contributed by atoms with van der Waals surface area (Å²) < 4.78 is 5.07. The van der Waals surface area contributed by atoms with Crippen molar-refractivity contribution in [3.8, 4) is 0 Å². The summed E-state index contributed by atoms with van der Waals surface area (Å²) in [6.07, 6.45) is 7.61. The van der Waals surface area contributed by atoms with Crippen molar-refractivity contribution < 1.29 is 14.3 Å². The Hall–Kier alpha value is -1.42. The number of pyridine rings is 1. The maximum atomic E-state index is 12.6. The first-order valence-corrected chi connectivity index (χ1v) is 9.06. The summed E-state index contributed by atoms with van der Waals surface area (Å²) in [5.41, 5.74) is 2.17. The molecule has 0 radical (unpaired) electrons. The van der Waals surface area contributed by atoms with Gasteiger partial charge in [-0.25, -0.2) is 0 Å². The van der Waals surface area contributed by atoms with E-state index in [2.05, 4.69) is 18.8 Å². The second-order valence-corrected chi connectivity index (χ2v) is 8.25. The van der Waals surface area contributed by atoms with Crippen molar-refractivity contribution in [3.63, 3.8) is 0 Å². The fourth-order valence-electron chi connectivity index (χ4n) is 4.24. The third-order valence-electron chi connectivity index (χ3n) is 5.40. The van der Waals surface area contributed by atoms with Gasteiger partial charge in [0.25, 0.3) is 6.47 Å². The number of rotatable bonds is 5. The van der Waals surface area contributed by atoms with Crippen LogP contribution in [0.4, 0.5) is 0 Å². The minimum Gasteiger partial charge on any atom is -0.467 e. The van der Waals surface area contributed by atoms with Crippen LogP contribution in [0.3, 0.4) is 0 Å². The average molecular weight is 350 g/mol. The summed E-state index contributed by atoms with van der Waals surface area (Å²) in [6.45, 7) is 4.94. The van der Waals surface area contributed by atoms with Crippen LogP contribution in [-0.2, 0) is 16.0 Å². The molecule has 24 heavy (non-hydrogen) atoms. The third-order valence-corrected chi connectivity index (χ3v) is 5.80. The Kier molecular flexibility index (Phi) is 4.95. The standard InChI is InChI=1S/C19H24ClNO3/c1-19(2)7-15-17(16(23)8-19)18(20)13(9-21-15)14(10-24-11-22)12-5-3-4-6-12/h9,11-12,14H,3-8,10H2,1-2H3. The fraction of sp³-hybridized carbons (Fsp3) is 0.632. The normalized spacial score (nSPS) is 21.4. The Morgan fingerprint density at radius 1 is 1.38 bits per heavy atom. The maximum Gasteiger partial charge on any atom is 0.293 e. The van der Waals surface area contributed by atoms with Crippen LogP contribution in [-0.4, -0.2) is 23.8 Å². The lowest BCUT2D eigenvalue weighted by Crippen LogP contribution is -2.29. The van der Waals surface area contributed by atoms with Gasteiger partial charge in [-0.1, -0.05) is 38.3 Å². The second kappa shape index (κ2) is 6.83. The summed E-state index contributed by atoms with van der Waals surface area (Å²) >= 11 is 6.66. The number of fused-ring (bicyclic) bond motifs is 1. The Morgan fingerprint density at radius 3 is 2.75 bits per heavy atom. The average Bonchev–Trinajstić information content (AvgIpc) is 3.02. The molecular formula is C19H24ClNO3. The van der Waals surface area contributed by atoms with Crippen LogP contribution in [0, 0.1) is 11.3 Å². The van der Waals surface area contributed by atoms with E-state index >= 15 is 0 Å². The monoisotopic (exact) mass is 349 g/mol. The Labute approximate surface area is 147 Å². The minimum atomic E-state index is -0.0760. The largest absolute Gasteiger partial charge is 0.467 e.